The molecule has 0 aliphatic rings. The molecule has 0 radical (unpaired) electrons. The van der Waals surface area contributed by atoms with E-state index < -0.39 is 9.84 Å². The van der Waals surface area contributed by atoms with Crippen LogP contribution in [-0.2, 0) is 16.4 Å². The maximum absolute atomic E-state index is 13.2. The van der Waals surface area contributed by atoms with E-state index >= 15 is 0 Å². The molecule has 32 heavy (non-hydrogen) atoms. The number of aromatic nitrogens is 3. The number of nitrogens with zero attached hydrogens (tertiary/aromatic N) is 2. The highest BCUT2D eigenvalue weighted by Gasteiger charge is 2.20. The summed E-state index contributed by atoms with van der Waals surface area (Å²) in [6.45, 7) is 0.261. The van der Waals surface area contributed by atoms with Crippen LogP contribution < -0.4 is 5.32 Å². The Labute approximate surface area is 184 Å². The fourth-order valence-electron chi connectivity index (χ4n) is 3.59. The SMILES string of the molecule is O=C(NCc1ccc(S(=O)(=O)c2cccc3ccccc23)cc1)c1cnc2[nH]ncc2c1. The molecule has 0 bridgehead atoms. The standard InChI is InChI=1S/C24H18N4O3S/c29-24(19-12-18-15-27-28-23(18)25-14-19)26-13-16-8-10-20(11-9-16)32(30,31)22-7-3-5-17-4-1-2-6-21(17)22/h1-12,14-15H,13H2,(H,26,29)(H,25,27,28). The molecule has 8 heteroatoms. The number of carbonyl (C=O) groups is 1. The van der Waals surface area contributed by atoms with Crippen molar-refractivity contribution in [3.63, 3.8) is 0 Å². The van der Waals surface area contributed by atoms with Crippen LogP contribution in [0.25, 0.3) is 21.8 Å². The fraction of sp³-hybridized carbons (Fsp3) is 0.0417. The van der Waals surface area contributed by atoms with E-state index in [4.69, 9.17) is 0 Å². The quantitative estimate of drug-likeness (QED) is 0.430. The molecule has 0 aliphatic carbocycles. The van der Waals surface area contributed by atoms with E-state index in [-0.39, 0.29) is 22.2 Å². The summed E-state index contributed by atoms with van der Waals surface area (Å²) >= 11 is 0. The molecule has 3 aromatic carbocycles. The van der Waals surface area contributed by atoms with Crippen molar-refractivity contribution in [1.82, 2.24) is 20.5 Å². The lowest BCUT2D eigenvalue weighted by molar-refractivity contribution is 0.0950. The first kappa shape index (κ1) is 19.9. The molecule has 1 amide bonds. The molecule has 0 saturated heterocycles. The summed E-state index contributed by atoms with van der Waals surface area (Å²) in [5.74, 6) is -0.270. The van der Waals surface area contributed by atoms with Gasteiger partial charge in [0.05, 0.1) is 21.6 Å². The van der Waals surface area contributed by atoms with E-state index in [0.717, 1.165) is 16.3 Å². The smallest absolute Gasteiger partial charge is 0.253 e. The van der Waals surface area contributed by atoms with Crippen LogP contribution in [0.15, 0.2) is 95.0 Å². The first-order valence-electron chi connectivity index (χ1n) is 9.91. The molecule has 7 nitrogen and oxygen atoms in total. The summed E-state index contributed by atoms with van der Waals surface area (Å²) in [5.41, 5.74) is 1.83. The summed E-state index contributed by atoms with van der Waals surface area (Å²) in [7, 11) is -3.68. The molecular formula is C24H18N4O3S. The van der Waals surface area contributed by atoms with Gasteiger partial charge in [0, 0.05) is 23.5 Å². The Morgan fingerprint density at radius 2 is 1.69 bits per heavy atom. The predicted octanol–water partition coefficient (Wildman–Crippen LogP) is 3.87. The van der Waals surface area contributed by atoms with Crippen LogP contribution in [0.5, 0.6) is 0 Å². The minimum atomic E-state index is -3.68. The van der Waals surface area contributed by atoms with Gasteiger partial charge in [-0.3, -0.25) is 9.89 Å². The van der Waals surface area contributed by atoms with Gasteiger partial charge in [-0.25, -0.2) is 13.4 Å². The van der Waals surface area contributed by atoms with Crippen molar-refractivity contribution in [2.75, 3.05) is 0 Å². The molecule has 158 valence electrons. The van der Waals surface area contributed by atoms with Crippen molar-refractivity contribution in [3.05, 3.63) is 96.3 Å². The molecule has 2 N–H and O–H groups in total. The van der Waals surface area contributed by atoms with Crippen molar-refractivity contribution in [2.24, 2.45) is 0 Å². The van der Waals surface area contributed by atoms with Gasteiger partial charge in [-0.05, 0) is 35.2 Å². The number of amides is 1. The fourth-order valence-corrected chi connectivity index (χ4v) is 5.07. The normalized spacial score (nSPS) is 11.6. The van der Waals surface area contributed by atoms with E-state index in [9.17, 15) is 13.2 Å². The number of H-pyrrole nitrogens is 1. The van der Waals surface area contributed by atoms with Gasteiger partial charge in [0.15, 0.2) is 5.65 Å². The maximum atomic E-state index is 13.2. The van der Waals surface area contributed by atoms with Gasteiger partial charge in [-0.2, -0.15) is 5.10 Å². The molecule has 2 heterocycles. The summed E-state index contributed by atoms with van der Waals surface area (Å²) in [4.78, 5) is 17.1. The van der Waals surface area contributed by atoms with Crippen molar-refractivity contribution in [1.29, 1.82) is 0 Å². The van der Waals surface area contributed by atoms with Crippen LogP contribution in [0.4, 0.5) is 0 Å². The second kappa shape index (κ2) is 7.90. The second-order valence-electron chi connectivity index (χ2n) is 7.34. The second-order valence-corrected chi connectivity index (χ2v) is 9.26. The van der Waals surface area contributed by atoms with Gasteiger partial charge in [0.1, 0.15) is 0 Å². The Morgan fingerprint density at radius 1 is 0.906 bits per heavy atom. The van der Waals surface area contributed by atoms with Gasteiger partial charge < -0.3 is 5.32 Å². The molecule has 0 fully saturated rings. The molecule has 0 saturated carbocycles. The van der Waals surface area contributed by atoms with E-state index in [1.54, 1.807) is 48.7 Å². The third-order valence-corrected chi connectivity index (χ3v) is 7.11. The van der Waals surface area contributed by atoms with Crippen molar-refractivity contribution >= 4 is 37.6 Å². The Hall–Kier alpha value is -4.04. The van der Waals surface area contributed by atoms with Crippen molar-refractivity contribution in [3.8, 4) is 0 Å². The lowest BCUT2D eigenvalue weighted by atomic mass is 10.1. The number of fused-ring (bicyclic) bond motifs is 2. The molecule has 2 aromatic heterocycles. The average molecular weight is 443 g/mol. The van der Waals surface area contributed by atoms with Crippen LogP contribution in [0.1, 0.15) is 15.9 Å². The van der Waals surface area contributed by atoms with E-state index in [0.29, 0.717) is 16.6 Å². The zero-order valence-electron chi connectivity index (χ0n) is 16.8. The Morgan fingerprint density at radius 3 is 2.53 bits per heavy atom. The minimum absolute atomic E-state index is 0.207. The van der Waals surface area contributed by atoms with Gasteiger partial charge in [0.25, 0.3) is 5.91 Å². The molecular weight excluding hydrogens is 424 g/mol. The summed E-state index contributed by atoms with van der Waals surface area (Å²) < 4.78 is 26.4. The Bertz CT molecular complexity index is 1550. The molecule has 5 rings (SSSR count). The van der Waals surface area contributed by atoms with E-state index in [1.807, 2.05) is 30.3 Å². The van der Waals surface area contributed by atoms with E-state index in [1.165, 1.54) is 6.20 Å². The largest absolute Gasteiger partial charge is 0.348 e. The summed E-state index contributed by atoms with van der Waals surface area (Å²) in [6.07, 6.45) is 3.09. The van der Waals surface area contributed by atoms with Crippen LogP contribution in [0.2, 0.25) is 0 Å². The molecule has 0 atom stereocenters. The van der Waals surface area contributed by atoms with Crippen molar-refractivity contribution < 1.29 is 13.2 Å². The molecule has 0 spiro atoms. The average Bonchev–Trinajstić information content (AvgIpc) is 3.30. The topological polar surface area (TPSA) is 105 Å². The van der Waals surface area contributed by atoms with Crippen molar-refractivity contribution in [2.45, 2.75) is 16.3 Å². The number of hydrogen-bond donors (Lipinski definition) is 2. The maximum Gasteiger partial charge on any atom is 0.253 e. The first-order chi connectivity index (χ1) is 15.5. The van der Waals surface area contributed by atoms with Gasteiger partial charge in [-0.15, -0.1) is 0 Å². The number of carbonyl (C=O) groups excluding carboxylic acids is 1. The zero-order chi connectivity index (χ0) is 22.1. The van der Waals surface area contributed by atoms with Crippen LogP contribution in [0.3, 0.4) is 0 Å². The number of aromatic amines is 1. The first-order valence-corrected chi connectivity index (χ1v) is 11.4. The molecule has 5 aromatic rings. The number of sulfone groups is 1. The highest BCUT2D eigenvalue weighted by molar-refractivity contribution is 7.91. The van der Waals surface area contributed by atoms with Crippen LogP contribution >= 0.6 is 0 Å². The summed E-state index contributed by atoms with van der Waals surface area (Å²) in [6, 6.07) is 20.9. The Kier molecular flexibility index (Phi) is 4.91. The zero-order valence-corrected chi connectivity index (χ0v) is 17.6. The van der Waals surface area contributed by atoms with Crippen LogP contribution in [-0.4, -0.2) is 29.5 Å². The van der Waals surface area contributed by atoms with Gasteiger partial charge in [0.2, 0.25) is 9.84 Å². The number of pyridine rings is 1. The van der Waals surface area contributed by atoms with Gasteiger partial charge in [-0.1, -0.05) is 48.5 Å². The monoisotopic (exact) mass is 442 g/mol. The highest BCUT2D eigenvalue weighted by Crippen LogP contribution is 2.28. The minimum Gasteiger partial charge on any atom is -0.348 e. The number of rotatable bonds is 5. The molecule has 0 aliphatic heterocycles. The van der Waals surface area contributed by atoms with Gasteiger partial charge >= 0.3 is 0 Å². The number of benzene rings is 3. The number of hydrogen-bond acceptors (Lipinski definition) is 5. The Balaban J connectivity index is 1.34. The third-order valence-electron chi connectivity index (χ3n) is 5.28. The summed E-state index contributed by atoms with van der Waals surface area (Å²) in [5, 5.41) is 11.8. The molecule has 0 unspecified atom stereocenters. The lowest BCUT2D eigenvalue weighted by Crippen LogP contribution is -2.22. The number of nitrogens with one attached hydrogen (secondary N) is 2. The van der Waals surface area contributed by atoms with E-state index in [2.05, 4.69) is 20.5 Å². The lowest BCUT2D eigenvalue weighted by Gasteiger charge is -2.10. The predicted molar refractivity (Wildman–Crippen MR) is 121 cm³/mol. The van der Waals surface area contributed by atoms with Crippen LogP contribution in [0, 0.1) is 0 Å². The highest BCUT2D eigenvalue weighted by atomic mass is 32.2. The third kappa shape index (κ3) is 3.61.